The predicted octanol–water partition coefficient (Wildman–Crippen LogP) is 0.751. The Morgan fingerprint density at radius 3 is 2.40 bits per heavy atom. The van der Waals surface area contributed by atoms with Gasteiger partial charge in [0.1, 0.15) is 0 Å². The second-order valence-electron chi connectivity index (χ2n) is 11.0. The minimum atomic E-state index is -1.71. The fraction of sp³-hybridized carbons (Fsp3) is 0.548. The summed E-state index contributed by atoms with van der Waals surface area (Å²) in [5.41, 5.74) is 1.02. The van der Waals surface area contributed by atoms with Crippen LogP contribution in [0.1, 0.15) is 73.8 Å². The molecule has 0 aliphatic rings. The van der Waals surface area contributed by atoms with Gasteiger partial charge < -0.3 is 5.32 Å². The molecule has 1 heterocycles. The van der Waals surface area contributed by atoms with Crippen LogP contribution in [0.3, 0.4) is 0 Å². The normalized spacial score (nSPS) is 13.0. The van der Waals surface area contributed by atoms with Crippen LogP contribution in [0.15, 0.2) is 34.7 Å². The summed E-state index contributed by atoms with van der Waals surface area (Å²) in [6.45, 7) is 6.57. The van der Waals surface area contributed by atoms with E-state index in [2.05, 4.69) is 30.7 Å². The summed E-state index contributed by atoms with van der Waals surface area (Å²) in [4.78, 5) is 56.7. The predicted molar refractivity (Wildman–Crippen MR) is 162 cm³/mol. The second-order valence-corrected chi connectivity index (χ2v) is 23.1. The number of nitrogens with zero attached hydrogens (tertiary/aromatic N) is 1. The monoisotopic (exact) mass is 715 g/mol. The van der Waals surface area contributed by atoms with Crippen LogP contribution >= 0.6 is 0 Å². The average molecular weight is 716 g/mol. The smallest absolute Gasteiger partial charge is 0.233 e. The molecule has 11 nitrogen and oxygen atoms in total. The van der Waals surface area contributed by atoms with E-state index in [1.807, 2.05) is 13.8 Å². The molecule has 4 amide bonds. The molecule has 0 bridgehead atoms. The van der Waals surface area contributed by atoms with Crippen molar-refractivity contribution in [1.29, 1.82) is 0 Å². The van der Waals surface area contributed by atoms with Gasteiger partial charge in [0.05, 0.1) is 18.6 Å². The van der Waals surface area contributed by atoms with Crippen molar-refractivity contribution in [2.75, 3.05) is 39.0 Å². The number of rotatable bonds is 19. The number of ether oxygens (including phenoxy) is 1. The molecule has 2 aromatic rings. The summed E-state index contributed by atoms with van der Waals surface area (Å²) in [5, 5.41) is 18.8. The van der Waals surface area contributed by atoms with Gasteiger partial charge in [0.25, 0.3) is 0 Å². The Labute approximate surface area is 258 Å². The SMILES string of the molecule is CCCCC[C@@H](C(=O)NCNC(=O)c1ccc(-c2cc(OCC)cc(C(=O)NCC[I-](C)(C)C)c2)o1)[C@@H](CC)N(O)C=O. The summed E-state index contributed by atoms with van der Waals surface area (Å²) >= 11 is -1.71. The molecule has 12 heteroatoms. The van der Waals surface area contributed by atoms with Gasteiger partial charge >= 0.3 is 158 Å². The molecule has 0 aliphatic carbocycles. The van der Waals surface area contributed by atoms with Crippen LogP contribution in [0, 0.1) is 5.92 Å². The van der Waals surface area contributed by atoms with Crippen LogP contribution in [0.4, 0.5) is 0 Å². The van der Waals surface area contributed by atoms with Crippen LogP contribution in [0.25, 0.3) is 11.3 Å². The number of alkyl halides is 4. The topological polar surface area (TPSA) is 150 Å². The molecule has 43 heavy (non-hydrogen) atoms. The van der Waals surface area contributed by atoms with Gasteiger partial charge in [-0.05, 0) is 12.8 Å². The van der Waals surface area contributed by atoms with Crippen molar-refractivity contribution in [1.82, 2.24) is 21.0 Å². The van der Waals surface area contributed by atoms with Crippen molar-refractivity contribution in [2.24, 2.45) is 5.92 Å². The molecule has 4 N–H and O–H groups in total. The first-order valence-electron chi connectivity index (χ1n) is 14.6. The molecule has 0 radical (unpaired) electrons. The minimum absolute atomic E-state index is 0.0297. The maximum atomic E-state index is 13.0. The third kappa shape index (κ3) is 11.8. The van der Waals surface area contributed by atoms with E-state index in [0.717, 1.165) is 23.7 Å². The van der Waals surface area contributed by atoms with Crippen molar-refractivity contribution < 1.29 is 52.0 Å². The first-order valence-corrected chi connectivity index (χ1v) is 22.6. The number of hydroxylamine groups is 2. The maximum absolute atomic E-state index is 13.0. The summed E-state index contributed by atoms with van der Waals surface area (Å²) in [6.07, 6.45) is 3.85. The summed E-state index contributed by atoms with van der Waals surface area (Å²) in [5.74, 6) is -0.811. The molecule has 0 saturated carbocycles. The Morgan fingerprint density at radius 1 is 1.02 bits per heavy atom. The van der Waals surface area contributed by atoms with E-state index in [0.29, 0.717) is 60.1 Å². The van der Waals surface area contributed by atoms with Gasteiger partial charge in [-0.2, -0.15) is 0 Å². The Balaban J connectivity index is 2.09. The number of benzene rings is 1. The second kappa shape index (κ2) is 17.9. The number of halogens is 1. The Bertz CT molecular complexity index is 1210. The zero-order chi connectivity index (χ0) is 32.0. The molecule has 1 aromatic carbocycles. The maximum Gasteiger partial charge on any atom is 0.233 e. The molecular formula is C31H48IN4O7-. The number of carbonyl (C=O) groups is 4. The average Bonchev–Trinajstić information content (AvgIpc) is 3.46. The molecule has 1 aromatic heterocycles. The van der Waals surface area contributed by atoms with E-state index in [4.69, 9.17) is 9.15 Å². The van der Waals surface area contributed by atoms with E-state index in [9.17, 15) is 24.4 Å². The van der Waals surface area contributed by atoms with Gasteiger partial charge in [0.2, 0.25) is 12.3 Å². The van der Waals surface area contributed by atoms with Crippen LogP contribution < -0.4 is 39.1 Å². The number of amides is 4. The van der Waals surface area contributed by atoms with E-state index in [1.165, 1.54) is 6.07 Å². The number of unbranched alkanes of at least 4 members (excludes halogenated alkanes) is 2. The van der Waals surface area contributed by atoms with E-state index in [-0.39, 0.29) is 24.2 Å². The van der Waals surface area contributed by atoms with Gasteiger partial charge in [-0.3, -0.25) is 14.8 Å². The number of furan rings is 1. The first kappa shape index (κ1) is 36.1. The molecule has 0 fully saturated rings. The minimum Gasteiger partial charge on any atom is -0.286 e. The van der Waals surface area contributed by atoms with E-state index >= 15 is 0 Å². The van der Waals surface area contributed by atoms with Crippen molar-refractivity contribution in [3.05, 3.63) is 41.7 Å². The summed E-state index contributed by atoms with van der Waals surface area (Å²) in [7, 11) is 0. The van der Waals surface area contributed by atoms with Gasteiger partial charge in [0, 0.05) is 0 Å². The molecule has 0 spiro atoms. The summed E-state index contributed by atoms with van der Waals surface area (Å²) in [6, 6.07) is 7.61. The summed E-state index contributed by atoms with van der Waals surface area (Å²) < 4.78 is 12.5. The van der Waals surface area contributed by atoms with Crippen molar-refractivity contribution in [3.63, 3.8) is 0 Å². The Hall–Kier alpha value is -3.13. The van der Waals surface area contributed by atoms with Crippen LogP contribution in [0.5, 0.6) is 5.75 Å². The molecular weight excluding hydrogens is 667 g/mol. The number of hydrogen-bond acceptors (Lipinski definition) is 7. The number of carbonyl (C=O) groups excluding carboxylic acids is 4. The molecule has 0 aliphatic heterocycles. The van der Waals surface area contributed by atoms with Crippen molar-refractivity contribution in [3.8, 4) is 17.1 Å². The van der Waals surface area contributed by atoms with E-state index in [1.54, 1.807) is 31.2 Å². The zero-order valence-corrected chi connectivity index (χ0v) is 28.4. The molecule has 0 saturated heterocycles. The fourth-order valence-corrected chi connectivity index (χ4v) is 6.45. The van der Waals surface area contributed by atoms with E-state index < -0.39 is 36.3 Å². The first-order chi connectivity index (χ1) is 20.4. The van der Waals surface area contributed by atoms with Gasteiger partial charge in [-0.25, -0.2) is 5.06 Å². The van der Waals surface area contributed by atoms with Crippen LogP contribution in [-0.4, -0.2) is 79.5 Å². The molecule has 242 valence electrons. The molecule has 2 atom stereocenters. The molecule has 2 rings (SSSR count). The van der Waals surface area contributed by atoms with Crippen LogP contribution in [-0.2, 0) is 9.59 Å². The number of hydrogen-bond donors (Lipinski definition) is 4. The molecule has 0 unspecified atom stereocenters. The Morgan fingerprint density at radius 2 is 1.77 bits per heavy atom. The standard InChI is InChI=1S/C31H48IN4O7/c1-7-10-11-12-25(26(8-2)36(41)21-37)30(39)34-20-35-31(40)28-14-13-27(43-28)22-17-23(19-24(18-22)42-9-3)29(38)33-16-15-32(4,5)6/h13-14,17-19,21,25-26,41H,7-12,15-16,20H2,1-6H3,(H,33,38)(H,34,39)(H,35,40)/q-1/t25-,26-/m1/s1. The largest absolute Gasteiger partial charge is 0.286 e. The van der Waals surface area contributed by atoms with Crippen LogP contribution in [0.2, 0.25) is 0 Å². The number of nitrogens with one attached hydrogen (secondary N) is 3. The van der Waals surface area contributed by atoms with Gasteiger partial charge in [0.15, 0.2) is 0 Å². The quantitative estimate of drug-likeness (QED) is 0.0319. The van der Waals surface area contributed by atoms with Gasteiger partial charge in [-0.15, -0.1) is 0 Å². The zero-order valence-electron chi connectivity index (χ0n) is 26.2. The van der Waals surface area contributed by atoms with Crippen molar-refractivity contribution in [2.45, 2.75) is 58.9 Å². The Kier molecular flexibility index (Phi) is 15.0. The van der Waals surface area contributed by atoms with Crippen molar-refractivity contribution >= 4 is 24.1 Å². The third-order valence-corrected chi connectivity index (χ3v) is 10.6. The fourth-order valence-electron chi connectivity index (χ4n) is 4.56. The van der Waals surface area contributed by atoms with Gasteiger partial charge in [-0.1, -0.05) is 33.1 Å². The third-order valence-electron chi connectivity index (χ3n) is 6.84.